The van der Waals surface area contributed by atoms with Gasteiger partial charge in [0.15, 0.2) is 0 Å². The summed E-state index contributed by atoms with van der Waals surface area (Å²) in [6.45, 7) is 2.20. The van der Waals surface area contributed by atoms with Crippen LogP contribution in [0.2, 0.25) is 0 Å². The molecule has 0 bridgehead atoms. The lowest BCUT2D eigenvalue weighted by atomic mass is 10.2. The number of nitrogens with zero attached hydrogens (tertiary/aromatic N) is 2. The molecule has 0 saturated carbocycles. The van der Waals surface area contributed by atoms with E-state index in [1.165, 1.54) is 14.1 Å². The van der Waals surface area contributed by atoms with Crippen molar-refractivity contribution in [3.8, 4) is 5.75 Å². The summed E-state index contributed by atoms with van der Waals surface area (Å²) in [5, 5.41) is 2.70. The molecule has 0 radical (unpaired) electrons. The van der Waals surface area contributed by atoms with Gasteiger partial charge in [0.05, 0.1) is 12.2 Å². The number of rotatable bonds is 9. The second kappa shape index (κ2) is 9.38. The average molecular weight is 391 g/mol. The van der Waals surface area contributed by atoms with Crippen LogP contribution in [0, 0.1) is 6.92 Å². The number of ether oxygens (including phenoxy) is 1. The quantitative estimate of drug-likeness (QED) is 0.661. The van der Waals surface area contributed by atoms with Gasteiger partial charge in [0.1, 0.15) is 18.9 Å². The van der Waals surface area contributed by atoms with Crippen molar-refractivity contribution in [2.45, 2.75) is 6.92 Å². The zero-order valence-corrected chi connectivity index (χ0v) is 16.6. The van der Waals surface area contributed by atoms with E-state index in [9.17, 15) is 13.2 Å². The number of hydrogen-bond acceptors (Lipinski definition) is 4. The van der Waals surface area contributed by atoms with Crippen LogP contribution in [0.15, 0.2) is 54.6 Å². The first kappa shape index (κ1) is 20.7. The fourth-order valence-corrected chi connectivity index (χ4v) is 3.42. The van der Waals surface area contributed by atoms with Crippen molar-refractivity contribution in [1.82, 2.24) is 9.62 Å². The van der Waals surface area contributed by atoms with E-state index in [2.05, 4.69) is 5.32 Å². The highest BCUT2D eigenvalue weighted by Crippen LogP contribution is 2.18. The Kier molecular flexibility index (Phi) is 7.20. The maximum atomic E-state index is 12.6. The molecule has 0 aromatic heterocycles. The summed E-state index contributed by atoms with van der Waals surface area (Å²) in [6.07, 6.45) is 0. The minimum Gasteiger partial charge on any atom is -0.491 e. The van der Waals surface area contributed by atoms with Gasteiger partial charge in [-0.3, -0.25) is 4.79 Å². The summed E-state index contributed by atoms with van der Waals surface area (Å²) in [5.74, 6) is 0.352. The molecule has 0 spiro atoms. The molecule has 0 fully saturated rings. The number of benzene rings is 2. The second-order valence-electron chi connectivity index (χ2n) is 6.10. The Labute approximate surface area is 160 Å². The predicted octanol–water partition coefficient (Wildman–Crippen LogP) is 1.80. The Bertz CT molecular complexity index is 854. The second-order valence-corrected chi connectivity index (χ2v) is 8.16. The molecule has 2 rings (SSSR count). The molecule has 2 aromatic rings. The van der Waals surface area contributed by atoms with Gasteiger partial charge in [-0.25, -0.2) is 4.31 Å². The molecular formula is C19H25N3O4S. The predicted molar refractivity (Wildman–Crippen MR) is 106 cm³/mol. The molecule has 0 aliphatic rings. The molecule has 2 aromatic carbocycles. The average Bonchev–Trinajstić information content (AvgIpc) is 2.65. The zero-order chi connectivity index (χ0) is 19.9. The maximum Gasteiger partial charge on any atom is 0.304 e. The molecule has 0 saturated heterocycles. The first-order chi connectivity index (χ1) is 12.8. The smallest absolute Gasteiger partial charge is 0.304 e. The van der Waals surface area contributed by atoms with Crippen molar-refractivity contribution in [1.29, 1.82) is 0 Å². The Morgan fingerprint density at radius 3 is 2.30 bits per heavy atom. The third-order valence-electron chi connectivity index (χ3n) is 3.85. The summed E-state index contributed by atoms with van der Waals surface area (Å²) >= 11 is 0. The molecule has 0 unspecified atom stereocenters. The van der Waals surface area contributed by atoms with Crippen LogP contribution < -0.4 is 14.4 Å². The number of nitrogens with one attached hydrogen (secondary N) is 1. The number of carbonyl (C=O) groups is 1. The summed E-state index contributed by atoms with van der Waals surface area (Å²) in [4.78, 5) is 12.3. The number of aryl methyl sites for hydroxylation is 1. The number of anilines is 1. The molecule has 0 aliphatic heterocycles. The van der Waals surface area contributed by atoms with Gasteiger partial charge in [-0.2, -0.15) is 12.7 Å². The molecule has 1 N–H and O–H groups in total. The van der Waals surface area contributed by atoms with Crippen LogP contribution in [-0.2, 0) is 15.0 Å². The lowest BCUT2D eigenvalue weighted by molar-refractivity contribution is -0.119. The largest absolute Gasteiger partial charge is 0.491 e. The fraction of sp³-hybridized carbons (Fsp3) is 0.316. The highest BCUT2D eigenvalue weighted by Gasteiger charge is 2.26. The Morgan fingerprint density at radius 1 is 1.04 bits per heavy atom. The Morgan fingerprint density at radius 2 is 1.67 bits per heavy atom. The summed E-state index contributed by atoms with van der Waals surface area (Å²) < 4.78 is 32.9. The number of para-hydroxylation sites is 2. The molecule has 7 nitrogen and oxygen atoms in total. The highest BCUT2D eigenvalue weighted by molar-refractivity contribution is 7.90. The molecular weight excluding hydrogens is 366 g/mol. The van der Waals surface area contributed by atoms with Crippen LogP contribution in [0.4, 0.5) is 5.69 Å². The van der Waals surface area contributed by atoms with E-state index < -0.39 is 16.1 Å². The van der Waals surface area contributed by atoms with Gasteiger partial charge in [0.25, 0.3) is 0 Å². The van der Waals surface area contributed by atoms with Gasteiger partial charge < -0.3 is 10.1 Å². The summed E-state index contributed by atoms with van der Waals surface area (Å²) in [7, 11) is -0.932. The van der Waals surface area contributed by atoms with Gasteiger partial charge in [0, 0.05) is 14.1 Å². The minimum atomic E-state index is -3.79. The normalized spacial score (nSPS) is 11.3. The van der Waals surface area contributed by atoms with Crippen molar-refractivity contribution in [2.75, 3.05) is 38.1 Å². The molecule has 146 valence electrons. The molecule has 0 atom stereocenters. The minimum absolute atomic E-state index is 0.276. The van der Waals surface area contributed by atoms with E-state index in [-0.39, 0.29) is 13.1 Å². The van der Waals surface area contributed by atoms with E-state index in [0.29, 0.717) is 12.3 Å². The molecule has 0 aliphatic carbocycles. The topological polar surface area (TPSA) is 79.0 Å². The summed E-state index contributed by atoms with van der Waals surface area (Å²) in [6, 6.07) is 16.1. The third kappa shape index (κ3) is 5.70. The standard InChI is InChI=1S/C19H25N3O4S/c1-16-9-7-8-12-18(16)26-14-13-20-19(23)15-22(27(24,25)21(2)3)17-10-5-4-6-11-17/h4-12H,13-15H2,1-3H3,(H,20,23). The first-order valence-corrected chi connectivity index (χ1v) is 9.92. The van der Waals surface area contributed by atoms with Crippen molar-refractivity contribution < 1.29 is 17.9 Å². The van der Waals surface area contributed by atoms with E-state index >= 15 is 0 Å². The molecule has 0 heterocycles. The van der Waals surface area contributed by atoms with E-state index in [1.54, 1.807) is 30.3 Å². The lowest BCUT2D eigenvalue weighted by Gasteiger charge is -2.26. The van der Waals surface area contributed by atoms with Crippen molar-refractivity contribution in [2.24, 2.45) is 0 Å². The molecule has 27 heavy (non-hydrogen) atoms. The van der Waals surface area contributed by atoms with Gasteiger partial charge in [-0.15, -0.1) is 0 Å². The zero-order valence-electron chi connectivity index (χ0n) is 15.8. The maximum absolute atomic E-state index is 12.6. The van der Waals surface area contributed by atoms with E-state index in [0.717, 1.165) is 19.9 Å². The van der Waals surface area contributed by atoms with Crippen molar-refractivity contribution in [3.05, 3.63) is 60.2 Å². The first-order valence-electron chi connectivity index (χ1n) is 8.52. The van der Waals surface area contributed by atoms with Crippen LogP contribution in [0.5, 0.6) is 5.75 Å². The SMILES string of the molecule is Cc1ccccc1OCCNC(=O)CN(c1ccccc1)S(=O)(=O)N(C)C. The van der Waals surface area contributed by atoms with Crippen LogP contribution in [0.25, 0.3) is 0 Å². The van der Waals surface area contributed by atoms with Gasteiger partial charge in [0.2, 0.25) is 5.91 Å². The Hall–Kier alpha value is -2.58. The van der Waals surface area contributed by atoms with E-state index in [1.807, 2.05) is 31.2 Å². The third-order valence-corrected chi connectivity index (χ3v) is 5.67. The van der Waals surface area contributed by atoms with Crippen LogP contribution in [-0.4, -0.2) is 52.4 Å². The number of amides is 1. The van der Waals surface area contributed by atoms with Gasteiger partial charge >= 0.3 is 10.2 Å². The molecule has 8 heteroatoms. The highest BCUT2D eigenvalue weighted by atomic mass is 32.2. The number of hydrogen-bond donors (Lipinski definition) is 1. The monoisotopic (exact) mass is 391 g/mol. The van der Waals surface area contributed by atoms with Crippen LogP contribution >= 0.6 is 0 Å². The summed E-state index contributed by atoms with van der Waals surface area (Å²) in [5.41, 5.74) is 1.44. The Balaban J connectivity index is 1.95. The van der Waals surface area contributed by atoms with Gasteiger partial charge in [-0.05, 0) is 30.7 Å². The van der Waals surface area contributed by atoms with Crippen LogP contribution in [0.1, 0.15) is 5.56 Å². The van der Waals surface area contributed by atoms with E-state index in [4.69, 9.17) is 4.74 Å². The van der Waals surface area contributed by atoms with Crippen molar-refractivity contribution >= 4 is 21.8 Å². The molecule has 1 amide bonds. The van der Waals surface area contributed by atoms with Gasteiger partial charge in [-0.1, -0.05) is 36.4 Å². The van der Waals surface area contributed by atoms with Crippen molar-refractivity contribution in [3.63, 3.8) is 0 Å². The fourth-order valence-electron chi connectivity index (χ4n) is 2.35. The number of carbonyl (C=O) groups excluding carboxylic acids is 1. The lowest BCUT2D eigenvalue weighted by Crippen LogP contribution is -2.46. The van der Waals surface area contributed by atoms with Crippen LogP contribution in [0.3, 0.4) is 0 Å².